The summed E-state index contributed by atoms with van der Waals surface area (Å²) in [6.07, 6.45) is 3.87. The van der Waals surface area contributed by atoms with Crippen molar-refractivity contribution in [2.45, 2.75) is 46.1 Å². The Morgan fingerprint density at radius 3 is 2.83 bits per heavy atom. The number of rotatable bonds is 3. The van der Waals surface area contributed by atoms with Crippen LogP contribution in [0.5, 0.6) is 0 Å². The van der Waals surface area contributed by atoms with E-state index in [0.29, 0.717) is 11.5 Å². The Morgan fingerprint density at radius 2 is 2.17 bits per heavy atom. The van der Waals surface area contributed by atoms with Gasteiger partial charge >= 0.3 is 0 Å². The van der Waals surface area contributed by atoms with Gasteiger partial charge in [-0.2, -0.15) is 0 Å². The molecule has 0 aromatic carbocycles. The van der Waals surface area contributed by atoms with E-state index in [-0.39, 0.29) is 0 Å². The fourth-order valence-corrected chi connectivity index (χ4v) is 2.95. The zero-order valence-electron chi connectivity index (χ0n) is 12.4. The molecule has 0 amide bonds. The summed E-state index contributed by atoms with van der Waals surface area (Å²) in [5.41, 5.74) is 0.360. The molecule has 0 saturated carbocycles. The van der Waals surface area contributed by atoms with Gasteiger partial charge in [0, 0.05) is 25.8 Å². The van der Waals surface area contributed by atoms with Gasteiger partial charge in [0.1, 0.15) is 0 Å². The molecule has 2 aliphatic rings. The van der Waals surface area contributed by atoms with Gasteiger partial charge in [-0.15, -0.1) is 0 Å². The largest absolute Gasteiger partial charge is 0.381 e. The minimum Gasteiger partial charge on any atom is -0.381 e. The summed E-state index contributed by atoms with van der Waals surface area (Å²) in [5.74, 6) is 0.814. The highest BCUT2D eigenvalue weighted by Gasteiger charge is 2.28. The lowest BCUT2D eigenvalue weighted by atomic mass is 9.86. The third-order valence-electron chi connectivity index (χ3n) is 4.41. The molecule has 2 unspecified atom stereocenters. The second kappa shape index (κ2) is 6.36. The van der Waals surface area contributed by atoms with Gasteiger partial charge in [0.15, 0.2) is 0 Å². The van der Waals surface area contributed by atoms with E-state index >= 15 is 0 Å². The minimum atomic E-state index is 0.360. The van der Waals surface area contributed by atoms with Gasteiger partial charge in [0.2, 0.25) is 0 Å². The Morgan fingerprint density at radius 1 is 1.33 bits per heavy atom. The molecule has 0 aromatic rings. The SMILES string of the molecule is CC(C)(C)C1CN(CCC2CCOC2)CCCN1. The van der Waals surface area contributed by atoms with Crippen LogP contribution >= 0.6 is 0 Å². The molecule has 18 heavy (non-hydrogen) atoms. The van der Waals surface area contributed by atoms with E-state index < -0.39 is 0 Å². The van der Waals surface area contributed by atoms with Crippen LogP contribution in [0.2, 0.25) is 0 Å². The predicted molar refractivity (Wildman–Crippen MR) is 75.8 cm³/mol. The molecular formula is C15H30N2O. The molecule has 3 heteroatoms. The summed E-state index contributed by atoms with van der Waals surface area (Å²) in [7, 11) is 0. The van der Waals surface area contributed by atoms with Gasteiger partial charge in [0.05, 0.1) is 0 Å². The Labute approximate surface area is 112 Å². The topological polar surface area (TPSA) is 24.5 Å². The molecule has 0 bridgehead atoms. The Hall–Kier alpha value is -0.120. The first kappa shape index (κ1) is 14.3. The first-order valence-electron chi connectivity index (χ1n) is 7.59. The standard InChI is InChI=1S/C15H30N2O/c1-15(2,3)14-11-17(8-4-7-16-14)9-5-13-6-10-18-12-13/h13-14,16H,4-12H2,1-3H3. The lowest BCUT2D eigenvalue weighted by molar-refractivity contribution is 0.169. The van der Waals surface area contributed by atoms with Gasteiger partial charge in [-0.3, -0.25) is 0 Å². The highest BCUT2D eigenvalue weighted by atomic mass is 16.5. The van der Waals surface area contributed by atoms with Crippen molar-refractivity contribution in [3.8, 4) is 0 Å². The van der Waals surface area contributed by atoms with Crippen LogP contribution in [-0.4, -0.2) is 50.3 Å². The van der Waals surface area contributed by atoms with E-state index in [1.165, 1.54) is 45.4 Å². The molecule has 2 rings (SSSR count). The number of nitrogens with one attached hydrogen (secondary N) is 1. The van der Waals surface area contributed by atoms with Gasteiger partial charge in [0.25, 0.3) is 0 Å². The monoisotopic (exact) mass is 254 g/mol. The highest BCUT2D eigenvalue weighted by molar-refractivity contribution is 4.86. The number of ether oxygens (including phenoxy) is 1. The molecule has 0 radical (unpaired) electrons. The minimum absolute atomic E-state index is 0.360. The molecule has 2 aliphatic heterocycles. The molecule has 2 saturated heterocycles. The van der Waals surface area contributed by atoms with Gasteiger partial charge in [-0.1, -0.05) is 20.8 Å². The third-order valence-corrected chi connectivity index (χ3v) is 4.41. The first-order chi connectivity index (χ1) is 8.55. The molecule has 2 atom stereocenters. The summed E-state index contributed by atoms with van der Waals surface area (Å²) in [4.78, 5) is 2.66. The predicted octanol–water partition coefficient (Wildman–Crippen LogP) is 2.12. The Bertz CT molecular complexity index is 243. The zero-order valence-corrected chi connectivity index (χ0v) is 12.4. The maximum atomic E-state index is 5.47. The van der Waals surface area contributed by atoms with Crippen LogP contribution < -0.4 is 5.32 Å². The molecule has 0 aromatic heterocycles. The maximum absolute atomic E-state index is 5.47. The highest BCUT2D eigenvalue weighted by Crippen LogP contribution is 2.23. The van der Waals surface area contributed by atoms with Crippen molar-refractivity contribution in [2.24, 2.45) is 11.3 Å². The Balaban J connectivity index is 1.79. The summed E-state index contributed by atoms with van der Waals surface area (Å²) in [6.45, 7) is 13.9. The van der Waals surface area contributed by atoms with E-state index in [0.717, 1.165) is 19.1 Å². The van der Waals surface area contributed by atoms with Crippen molar-refractivity contribution in [1.29, 1.82) is 0 Å². The van der Waals surface area contributed by atoms with Crippen LogP contribution in [0, 0.1) is 11.3 Å². The van der Waals surface area contributed by atoms with E-state index in [4.69, 9.17) is 4.74 Å². The lowest BCUT2D eigenvalue weighted by Crippen LogP contribution is -2.46. The van der Waals surface area contributed by atoms with Crippen LogP contribution in [-0.2, 0) is 4.74 Å². The molecule has 0 aliphatic carbocycles. The molecule has 1 N–H and O–H groups in total. The molecule has 3 nitrogen and oxygen atoms in total. The maximum Gasteiger partial charge on any atom is 0.0495 e. The lowest BCUT2D eigenvalue weighted by Gasteiger charge is -2.34. The summed E-state index contributed by atoms with van der Waals surface area (Å²) >= 11 is 0. The van der Waals surface area contributed by atoms with Crippen molar-refractivity contribution in [2.75, 3.05) is 39.4 Å². The van der Waals surface area contributed by atoms with Gasteiger partial charge in [-0.25, -0.2) is 0 Å². The summed E-state index contributed by atoms with van der Waals surface area (Å²) in [5, 5.41) is 3.71. The summed E-state index contributed by atoms with van der Waals surface area (Å²) in [6, 6.07) is 0.625. The number of hydrogen-bond donors (Lipinski definition) is 1. The molecule has 0 spiro atoms. The average Bonchev–Trinajstić information content (AvgIpc) is 2.69. The number of nitrogens with zero attached hydrogens (tertiary/aromatic N) is 1. The third kappa shape index (κ3) is 4.22. The fraction of sp³-hybridized carbons (Fsp3) is 1.00. The average molecular weight is 254 g/mol. The number of hydrogen-bond acceptors (Lipinski definition) is 3. The smallest absolute Gasteiger partial charge is 0.0495 e. The van der Waals surface area contributed by atoms with Crippen molar-refractivity contribution in [3.05, 3.63) is 0 Å². The van der Waals surface area contributed by atoms with Crippen LogP contribution in [0.3, 0.4) is 0 Å². The van der Waals surface area contributed by atoms with E-state index in [1.54, 1.807) is 0 Å². The summed E-state index contributed by atoms with van der Waals surface area (Å²) < 4.78 is 5.47. The second-order valence-electron chi connectivity index (χ2n) is 7.05. The van der Waals surface area contributed by atoms with Crippen molar-refractivity contribution < 1.29 is 4.74 Å². The molecule has 106 valence electrons. The Kier molecular flexibility index (Phi) is 5.05. The van der Waals surface area contributed by atoms with Crippen molar-refractivity contribution >= 4 is 0 Å². The molecule has 2 heterocycles. The molecular weight excluding hydrogens is 224 g/mol. The van der Waals surface area contributed by atoms with E-state index in [9.17, 15) is 0 Å². The van der Waals surface area contributed by atoms with Gasteiger partial charge < -0.3 is 15.0 Å². The van der Waals surface area contributed by atoms with E-state index in [1.807, 2.05) is 0 Å². The fourth-order valence-electron chi connectivity index (χ4n) is 2.95. The normalized spacial score (nSPS) is 31.5. The van der Waals surface area contributed by atoms with Crippen LogP contribution in [0.25, 0.3) is 0 Å². The van der Waals surface area contributed by atoms with Crippen molar-refractivity contribution in [3.63, 3.8) is 0 Å². The zero-order chi connectivity index (χ0) is 13.0. The quantitative estimate of drug-likeness (QED) is 0.835. The van der Waals surface area contributed by atoms with Gasteiger partial charge in [-0.05, 0) is 50.2 Å². The second-order valence-corrected chi connectivity index (χ2v) is 7.05. The van der Waals surface area contributed by atoms with Crippen molar-refractivity contribution in [1.82, 2.24) is 10.2 Å². The van der Waals surface area contributed by atoms with Crippen LogP contribution in [0.15, 0.2) is 0 Å². The molecule has 2 fully saturated rings. The van der Waals surface area contributed by atoms with E-state index in [2.05, 4.69) is 31.0 Å². The van der Waals surface area contributed by atoms with Crippen LogP contribution in [0.1, 0.15) is 40.0 Å². The first-order valence-corrected chi connectivity index (χ1v) is 7.59. The van der Waals surface area contributed by atoms with Crippen LogP contribution in [0.4, 0.5) is 0 Å².